The van der Waals surface area contributed by atoms with Crippen LogP contribution < -0.4 is 0 Å². The summed E-state index contributed by atoms with van der Waals surface area (Å²) in [5.41, 5.74) is -1.38. The second kappa shape index (κ2) is 10.7. The highest BCUT2D eigenvalue weighted by molar-refractivity contribution is 8.18. The van der Waals surface area contributed by atoms with Crippen molar-refractivity contribution in [2.45, 2.75) is 25.6 Å². The zero-order valence-electron chi connectivity index (χ0n) is 22.2. The van der Waals surface area contributed by atoms with Gasteiger partial charge in [0.15, 0.2) is 0 Å². The molecule has 2 fully saturated rings. The van der Waals surface area contributed by atoms with Gasteiger partial charge in [0.2, 0.25) is 0 Å². The van der Waals surface area contributed by atoms with Crippen LogP contribution in [0.4, 0.5) is 26.7 Å². The molecular weight excluding hydrogens is 565 g/mol. The summed E-state index contributed by atoms with van der Waals surface area (Å²) >= 11 is 0.857. The van der Waals surface area contributed by atoms with Crippen molar-refractivity contribution in [1.29, 1.82) is 0 Å². The number of thioether (sulfide) groups is 1. The van der Waals surface area contributed by atoms with Crippen LogP contribution in [0.25, 0.3) is 17.0 Å². The first-order valence-corrected chi connectivity index (χ1v) is 13.5. The van der Waals surface area contributed by atoms with Crippen LogP contribution in [-0.2, 0) is 23.4 Å². The minimum atomic E-state index is -4.78. The van der Waals surface area contributed by atoms with Crippen molar-refractivity contribution in [3.8, 4) is 0 Å². The van der Waals surface area contributed by atoms with E-state index in [1.165, 1.54) is 15.9 Å². The number of piperazine rings is 1. The van der Waals surface area contributed by atoms with Crippen molar-refractivity contribution in [2.75, 3.05) is 33.2 Å². The molecule has 7 nitrogen and oxygen atoms in total. The third kappa shape index (κ3) is 5.66. The van der Waals surface area contributed by atoms with Crippen molar-refractivity contribution in [3.63, 3.8) is 0 Å². The van der Waals surface area contributed by atoms with Gasteiger partial charge in [-0.05, 0) is 72.8 Å². The molecule has 5 rings (SSSR count). The first-order valence-electron chi connectivity index (χ1n) is 12.7. The predicted octanol–water partition coefficient (Wildman–Crippen LogP) is 5.97. The number of hydrogen-bond acceptors (Lipinski definition) is 6. The maximum atomic E-state index is 15.0. The maximum Gasteiger partial charge on any atom is 0.416 e. The molecule has 1 aromatic heterocycles. The van der Waals surface area contributed by atoms with Gasteiger partial charge in [-0.3, -0.25) is 14.3 Å². The standard InChI is InChI=1S/C28H26F5N5O2S/c1-17(2)27(29,30)22-14-21(28(31,32)33)6-5-19(22)16-37-23-7-4-18(12-20(23)15-34-37)13-24-25(39)38(26(40)41-24)36-10-8-35(3)9-11-36/h4-7,12-15H,1,8-11,16H2,2-3H3. The molecule has 41 heavy (non-hydrogen) atoms. The fourth-order valence-electron chi connectivity index (χ4n) is 4.75. The van der Waals surface area contributed by atoms with Crippen LogP contribution in [0.5, 0.6) is 0 Å². The number of amides is 2. The normalized spacial score (nSPS) is 18.7. The summed E-state index contributed by atoms with van der Waals surface area (Å²) in [5, 5.41) is 7.46. The van der Waals surface area contributed by atoms with E-state index in [4.69, 9.17) is 0 Å². The largest absolute Gasteiger partial charge is 0.416 e. The number of hydrogen-bond donors (Lipinski definition) is 0. The lowest BCUT2D eigenvalue weighted by Gasteiger charge is -2.36. The Hall–Kier alpha value is -3.55. The number of fused-ring (bicyclic) bond motifs is 1. The van der Waals surface area contributed by atoms with Gasteiger partial charge in [-0.15, -0.1) is 0 Å². The number of hydrazine groups is 1. The Kier molecular flexibility index (Phi) is 7.55. The highest BCUT2D eigenvalue weighted by atomic mass is 32.2. The Balaban J connectivity index is 1.41. The van der Waals surface area contributed by atoms with Gasteiger partial charge in [0.25, 0.3) is 11.8 Å². The number of rotatable bonds is 6. The SMILES string of the molecule is C=C(C)C(F)(F)c1cc(C(F)(F)F)ccc1Cn1ncc2cc(C=C3SC(=O)N(N4CCN(C)CC4)C3=O)ccc21. The number of allylic oxidation sites excluding steroid dienone is 1. The Morgan fingerprint density at radius 3 is 2.41 bits per heavy atom. The minimum Gasteiger partial charge on any atom is -0.304 e. The molecule has 0 radical (unpaired) electrons. The van der Waals surface area contributed by atoms with Crippen LogP contribution in [0.2, 0.25) is 0 Å². The van der Waals surface area contributed by atoms with Crippen LogP contribution in [0, 0.1) is 0 Å². The fraction of sp³-hybridized carbons (Fsp3) is 0.321. The van der Waals surface area contributed by atoms with E-state index in [9.17, 15) is 31.5 Å². The summed E-state index contributed by atoms with van der Waals surface area (Å²) in [7, 11) is 1.98. The molecule has 216 valence electrons. The van der Waals surface area contributed by atoms with E-state index in [2.05, 4.69) is 16.6 Å². The van der Waals surface area contributed by atoms with Gasteiger partial charge in [0.05, 0.1) is 28.7 Å². The lowest BCUT2D eigenvalue weighted by molar-refractivity contribution is -0.138. The Morgan fingerprint density at radius 1 is 1.05 bits per heavy atom. The van der Waals surface area contributed by atoms with Gasteiger partial charge in [0, 0.05) is 37.1 Å². The van der Waals surface area contributed by atoms with Gasteiger partial charge in [-0.25, -0.2) is 5.01 Å². The molecule has 0 bridgehead atoms. The molecule has 13 heteroatoms. The molecule has 0 spiro atoms. The summed E-state index contributed by atoms with van der Waals surface area (Å²) in [5.74, 6) is -4.08. The van der Waals surface area contributed by atoms with Gasteiger partial charge in [0.1, 0.15) is 0 Å². The summed E-state index contributed by atoms with van der Waals surface area (Å²) in [4.78, 5) is 28.0. The van der Waals surface area contributed by atoms with Crippen molar-refractivity contribution in [3.05, 3.63) is 81.9 Å². The summed E-state index contributed by atoms with van der Waals surface area (Å²) < 4.78 is 71.2. The third-order valence-corrected chi connectivity index (χ3v) is 7.99. The van der Waals surface area contributed by atoms with E-state index >= 15 is 0 Å². The molecule has 2 amide bonds. The Morgan fingerprint density at radius 2 is 1.76 bits per heavy atom. The number of aromatic nitrogens is 2. The quantitative estimate of drug-likeness (QED) is 0.200. The number of nitrogens with zero attached hydrogens (tertiary/aromatic N) is 5. The van der Waals surface area contributed by atoms with E-state index < -0.39 is 34.7 Å². The topological polar surface area (TPSA) is 61.7 Å². The molecule has 2 saturated heterocycles. The molecular formula is C28H26F5N5O2S. The number of alkyl halides is 5. The predicted molar refractivity (Wildman–Crippen MR) is 146 cm³/mol. The number of carbonyl (C=O) groups excluding carboxylic acids is 2. The second-order valence-electron chi connectivity index (χ2n) is 10.1. The lowest BCUT2D eigenvalue weighted by atomic mass is 9.94. The molecule has 0 saturated carbocycles. The zero-order chi connectivity index (χ0) is 29.7. The van der Waals surface area contributed by atoms with Crippen LogP contribution in [0.15, 0.2) is 59.7 Å². The maximum absolute atomic E-state index is 15.0. The smallest absolute Gasteiger partial charge is 0.304 e. The monoisotopic (exact) mass is 591 g/mol. The van der Waals surface area contributed by atoms with E-state index in [0.29, 0.717) is 35.6 Å². The molecule has 3 aromatic rings. The highest BCUT2D eigenvalue weighted by Crippen LogP contribution is 2.40. The van der Waals surface area contributed by atoms with E-state index in [0.717, 1.165) is 43.9 Å². The first-order chi connectivity index (χ1) is 19.3. The molecule has 0 atom stereocenters. The minimum absolute atomic E-state index is 0.0299. The number of carbonyl (C=O) groups is 2. The molecule has 3 heterocycles. The molecule has 2 aliphatic rings. The second-order valence-corrected chi connectivity index (χ2v) is 11.1. The van der Waals surface area contributed by atoms with Crippen molar-refractivity contribution in [2.24, 2.45) is 0 Å². The average Bonchev–Trinajstić information content (AvgIpc) is 3.43. The van der Waals surface area contributed by atoms with Gasteiger partial charge in [-0.2, -0.15) is 32.1 Å². The molecule has 0 N–H and O–H groups in total. The van der Waals surface area contributed by atoms with E-state index in [1.807, 2.05) is 7.05 Å². The van der Waals surface area contributed by atoms with Crippen molar-refractivity contribution >= 4 is 39.9 Å². The van der Waals surface area contributed by atoms with Gasteiger partial charge in [-0.1, -0.05) is 18.7 Å². The van der Waals surface area contributed by atoms with Gasteiger partial charge >= 0.3 is 11.4 Å². The average molecular weight is 592 g/mol. The third-order valence-electron chi connectivity index (χ3n) is 7.13. The van der Waals surface area contributed by atoms with Crippen LogP contribution >= 0.6 is 11.8 Å². The Labute approximate surface area is 236 Å². The van der Waals surface area contributed by atoms with Crippen LogP contribution in [0.1, 0.15) is 29.2 Å². The Bertz CT molecular complexity index is 1570. The molecule has 2 aromatic carbocycles. The van der Waals surface area contributed by atoms with Gasteiger partial charge < -0.3 is 4.90 Å². The van der Waals surface area contributed by atoms with Crippen LogP contribution in [-0.4, -0.2) is 69.1 Å². The van der Waals surface area contributed by atoms with Crippen LogP contribution in [0.3, 0.4) is 0 Å². The molecule has 0 aliphatic carbocycles. The number of halogens is 5. The number of likely N-dealkylation sites (N-methyl/N-ethyl adjacent to an activating group) is 1. The first kappa shape index (κ1) is 29.0. The summed E-state index contributed by atoms with van der Waals surface area (Å²) in [6, 6.07) is 7.38. The summed E-state index contributed by atoms with van der Waals surface area (Å²) in [6.07, 6.45) is -1.67. The molecule has 0 unspecified atom stereocenters. The van der Waals surface area contributed by atoms with E-state index in [-0.39, 0.29) is 22.3 Å². The van der Waals surface area contributed by atoms with Crippen molar-refractivity contribution < 1.29 is 31.5 Å². The van der Waals surface area contributed by atoms with E-state index in [1.54, 1.807) is 29.3 Å². The highest BCUT2D eigenvalue weighted by Gasteiger charge is 2.40. The fourth-order valence-corrected chi connectivity index (χ4v) is 5.59. The zero-order valence-corrected chi connectivity index (χ0v) is 23.0. The lowest BCUT2D eigenvalue weighted by Crippen LogP contribution is -2.54. The number of benzene rings is 2. The molecule has 2 aliphatic heterocycles. The summed E-state index contributed by atoms with van der Waals surface area (Å²) in [6.45, 7) is 6.72. The number of imide groups is 1. The van der Waals surface area contributed by atoms with Crippen molar-refractivity contribution in [1.82, 2.24) is 24.7 Å².